The van der Waals surface area contributed by atoms with E-state index in [9.17, 15) is 9.90 Å². The molecule has 0 spiro atoms. The molecule has 0 amide bonds. The third kappa shape index (κ3) is 4.58. The van der Waals surface area contributed by atoms with Crippen LogP contribution < -0.4 is 9.47 Å². The van der Waals surface area contributed by atoms with Crippen LogP contribution in [0.15, 0.2) is 63.7 Å². The van der Waals surface area contributed by atoms with Crippen LogP contribution in [0.2, 0.25) is 5.02 Å². The Labute approximate surface area is 177 Å². The van der Waals surface area contributed by atoms with Gasteiger partial charge >= 0.3 is 5.97 Å². The van der Waals surface area contributed by atoms with Gasteiger partial charge in [-0.3, -0.25) is 0 Å². The molecule has 1 aliphatic heterocycles. The molecule has 0 radical (unpaired) electrons. The van der Waals surface area contributed by atoms with E-state index in [1.807, 2.05) is 0 Å². The fraction of sp³-hybridized carbons (Fsp3) is 0.143. The van der Waals surface area contributed by atoms with Crippen molar-refractivity contribution in [2.45, 2.75) is 0 Å². The minimum atomic E-state index is -0.677. The quantitative estimate of drug-likeness (QED) is 0.659. The maximum absolute atomic E-state index is 12.3. The van der Waals surface area contributed by atoms with Gasteiger partial charge in [0.15, 0.2) is 0 Å². The van der Waals surface area contributed by atoms with E-state index in [0.717, 1.165) is 11.8 Å². The maximum Gasteiger partial charge on any atom is 0.344 e. The van der Waals surface area contributed by atoms with E-state index >= 15 is 0 Å². The number of ether oxygens (including phenoxy) is 3. The molecule has 0 aromatic heterocycles. The third-order valence-electron chi connectivity index (χ3n) is 4.06. The van der Waals surface area contributed by atoms with Gasteiger partial charge in [0.05, 0.1) is 31.9 Å². The molecule has 6 nitrogen and oxygen atoms in total. The highest BCUT2D eigenvalue weighted by molar-refractivity contribution is 8.18. The zero-order valence-corrected chi connectivity index (χ0v) is 17.5. The van der Waals surface area contributed by atoms with Crippen LogP contribution in [0, 0.1) is 0 Å². The number of carbonyl (C=O) groups excluding carboxylic acids is 1. The summed E-state index contributed by atoms with van der Waals surface area (Å²) in [5, 5.41) is 11.6. The van der Waals surface area contributed by atoms with Crippen LogP contribution in [0.25, 0.3) is 6.08 Å². The average molecular weight is 432 g/mol. The minimum absolute atomic E-state index is 0.000521. The first-order valence-corrected chi connectivity index (χ1v) is 9.64. The lowest BCUT2D eigenvalue weighted by atomic mass is 10.1. The molecule has 150 valence electrons. The van der Waals surface area contributed by atoms with Crippen LogP contribution in [-0.4, -0.2) is 37.4 Å². The van der Waals surface area contributed by atoms with Crippen LogP contribution in [-0.2, 0) is 9.53 Å². The van der Waals surface area contributed by atoms with E-state index in [0.29, 0.717) is 37.7 Å². The Hall–Kier alpha value is -2.90. The molecular weight excluding hydrogens is 414 g/mol. The number of hydrogen-bond acceptors (Lipinski definition) is 7. The summed E-state index contributed by atoms with van der Waals surface area (Å²) in [6, 6.07) is 12.1. The number of hydrogen-bond donors (Lipinski definition) is 1. The second-order valence-electron chi connectivity index (χ2n) is 5.83. The molecule has 0 saturated carbocycles. The fourth-order valence-electron chi connectivity index (χ4n) is 2.62. The molecule has 0 unspecified atom stereocenters. The van der Waals surface area contributed by atoms with Crippen molar-refractivity contribution in [1.29, 1.82) is 0 Å². The van der Waals surface area contributed by atoms with E-state index in [2.05, 4.69) is 4.99 Å². The number of nitrogens with zero attached hydrogens (tertiary/aromatic N) is 1. The van der Waals surface area contributed by atoms with E-state index in [1.165, 1.54) is 7.11 Å². The van der Waals surface area contributed by atoms with Crippen LogP contribution in [0.5, 0.6) is 11.5 Å². The number of aliphatic hydroxyl groups is 1. The second kappa shape index (κ2) is 9.07. The van der Waals surface area contributed by atoms with Gasteiger partial charge in [0.2, 0.25) is 0 Å². The summed E-state index contributed by atoms with van der Waals surface area (Å²) in [7, 11) is 4.36. The van der Waals surface area contributed by atoms with Gasteiger partial charge in [-0.2, -0.15) is 0 Å². The molecule has 3 rings (SSSR count). The Balaban J connectivity index is 2.08. The standard InChI is InChI=1S/C21H18ClNO5S/c1-26-15-8-9-16(27-2)12(10-15)11-17-19(24)18(21(25)28-3)20(29-17)23-14-6-4-13(22)5-7-14/h4-11,24H,1-3H3/b17-11+,23-20?. The highest BCUT2D eigenvalue weighted by atomic mass is 35.5. The third-order valence-corrected chi connectivity index (χ3v) is 5.33. The number of rotatable bonds is 5. The van der Waals surface area contributed by atoms with Crippen molar-refractivity contribution in [2.24, 2.45) is 4.99 Å². The highest BCUT2D eigenvalue weighted by Gasteiger charge is 2.33. The zero-order valence-electron chi connectivity index (χ0n) is 15.9. The number of carbonyl (C=O) groups is 1. The van der Waals surface area contributed by atoms with E-state index < -0.39 is 5.97 Å². The average Bonchev–Trinajstić information content (AvgIpc) is 3.03. The molecule has 0 aliphatic carbocycles. The van der Waals surface area contributed by atoms with Crippen LogP contribution >= 0.6 is 23.4 Å². The van der Waals surface area contributed by atoms with Gasteiger partial charge in [-0.05, 0) is 48.5 Å². The van der Waals surface area contributed by atoms with Crippen LogP contribution in [0.4, 0.5) is 5.69 Å². The van der Waals surface area contributed by atoms with Gasteiger partial charge in [-0.15, -0.1) is 0 Å². The molecule has 1 N–H and O–H groups in total. The predicted octanol–water partition coefficient (Wildman–Crippen LogP) is 5.16. The normalized spacial score (nSPS) is 16.4. The topological polar surface area (TPSA) is 77.4 Å². The van der Waals surface area contributed by atoms with Crippen molar-refractivity contribution in [3.05, 3.63) is 69.3 Å². The molecule has 0 atom stereocenters. The predicted molar refractivity (Wildman–Crippen MR) is 115 cm³/mol. The minimum Gasteiger partial charge on any atom is -0.506 e. The second-order valence-corrected chi connectivity index (χ2v) is 7.29. The number of aliphatic imine (C=N–C) groups is 1. The Kier molecular flexibility index (Phi) is 6.51. The molecule has 1 heterocycles. The lowest BCUT2D eigenvalue weighted by Gasteiger charge is -2.08. The van der Waals surface area contributed by atoms with E-state index in [4.69, 9.17) is 25.8 Å². The van der Waals surface area contributed by atoms with Gasteiger partial charge in [-0.1, -0.05) is 23.4 Å². The number of aliphatic hydroxyl groups excluding tert-OH is 1. The van der Waals surface area contributed by atoms with Gasteiger partial charge in [0.25, 0.3) is 0 Å². The molecule has 2 aromatic carbocycles. The van der Waals surface area contributed by atoms with Crippen molar-refractivity contribution in [3.8, 4) is 11.5 Å². The molecule has 0 bridgehead atoms. The van der Waals surface area contributed by atoms with E-state index in [-0.39, 0.29) is 11.3 Å². The summed E-state index contributed by atoms with van der Waals surface area (Å²) in [4.78, 5) is 17.2. The summed E-state index contributed by atoms with van der Waals surface area (Å²) in [5.74, 6) is 0.338. The Morgan fingerprint density at radius 1 is 1.10 bits per heavy atom. The number of halogens is 1. The maximum atomic E-state index is 12.3. The summed E-state index contributed by atoms with van der Waals surface area (Å²) < 4.78 is 15.5. The fourth-order valence-corrected chi connectivity index (χ4v) is 3.77. The first kappa shape index (κ1) is 20.8. The molecule has 8 heteroatoms. The zero-order chi connectivity index (χ0) is 21.0. The Bertz CT molecular complexity index is 1030. The summed E-state index contributed by atoms with van der Waals surface area (Å²) in [6.45, 7) is 0. The molecular formula is C21H18ClNO5S. The van der Waals surface area contributed by atoms with Gasteiger partial charge < -0.3 is 19.3 Å². The summed E-state index contributed by atoms with van der Waals surface area (Å²) in [5.41, 5.74) is 1.27. The number of benzene rings is 2. The first-order chi connectivity index (χ1) is 14.0. The molecule has 1 aliphatic rings. The first-order valence-electron chi connectivity index (χ1n) is 8.45. The Morgan fingerprint density at radius 3 is 2.45 bits per heavy atom. The van der Waals surface area contributed by atoms with Crippen molar-refractivity contribution in [1.82, 2.24) is 0 Å². The molecule has 29 heavy (non-hydrogen) atoms. The molecule has 2 aromatic rings. The van der Waals surface area contributed by atoms with Crippen LogP contribution in [0.1, 0.15) is 5.56 Å². The van der Waals surface area contributed by atoms with Gasteiger partial charge in [-0.25, -0.2) is 9.79 Å². The molecule has 0 saturated heterocycles. The SMILES string of the molecule is COC(=O)C1=C(O)/C(=C\c2cc(OC)ccc2OC)SC1=Nc1ccc(Cl)cc1. The Morgan fingerprint density at radius 2 is 1.83 bits per heavy atom. The lowest BCUT2D eigenvalue weighted by Crippen LogP contribution is -2.10. The lowest BCUT2D eigenvalue weighted by molar-refractivity contribution is -0.135. The van der Waals surface area contributed by atoms with Crippen molar-refractivity contribution in [2.75, 3.05) is 21.3 Å². The summed E-state index contributed by atoms with van der Waals surface area (Å²) in [6.07, 6.45) is 1.70. The smallest absolute Gasteiger partial charge is 0.344 e. The van der Waals surface area contributed by atoms with E-state index in [1.54, 1.807) is 62.8 Å². The van der Waals surface area contributed by atoms with Crippen molar-refractivity contribution in [3.63, 3.8) is 0 Å². The number of methoxy groups -OCH3 is 3. The largest absolute Gasteiger partial charge is 0.506 e. The summed E-state index contributed by atoms with van der Waals surface area (Å²) >= 11 is 7.07. The number of esters is 1. The molecule has 0 fully saturated rings. The van der Waals surface area contributed by atoms with Gasteiger partial charge in [0.1, 0.15) is 27.9 Å². The number of thioether (sulfide) groups is 1. The van der Waals surface area contributed by atoms with Crippen LogP contribution in [0.3, 0.4) is 0 Å². The van der Waals surface area contributed by atoms with Gasteiger partial charge in [0, 0.05) is 10.6 Å². The monoisotopic (exact) mass is 431 g/mol. The highest BCUT2D eigenvalue weighted by Crippen LogP contribution is 2.41. The van der Waals surface area contributed by atoms with Crippen molar-refractivity contribution >= 4 is 46.1 Å². The van der Waals surface area contributed by atoms with Crippen molar-refractivity contribution < 1.29 is 24.1 Å².